The number of hydrogen-bond acceptors (Lipinski definition) is 2. The molecule has 0 aromatic rings. The lowest BCUT2D eigenvalue weighted by atomic mass is 10.3. The van der Waals surface area contributed by atoms with Crippen molar-refractivity contribution >= 4 is 12.4 Å². The maximum absolute atomic E-state index is 8.86. The molecule has 0 aromatic carbocycles. The normalized spacial score (nSPS) is 30.0. The highest BCUT2D eigenvalue weighted by Gasteiger charge is 2.14. The van der Waals surface area contributed by atoms with Crippen molar-refractivity contribution in [2.75, 3.05) is 20.1 Å². The highest BCUT2D eigenvalue weighted by molar-refractivity contribution is 5.85. The van der Waals surface area contributed by atoms with Crippen LogP contribution in [0.5, 0.6) is 0 Å². The van der Waals surface area contributed by atoms with E-state index in [1.54, 1.807) is 0 Å². The van der Waals surface area contributed by atoms with Crippen molar-refractivity contribution in [3.63, 3.8) is 0 Å². The predicted molar refractivity (Wildman–Crippen MR) is 35.4 cm³/mol. The van der Waals surface area contributed by atoms with E-state index in [0.717, 1.165) is 19.5 Å². The zero-order valence-electron chi connectivity index (χ0n) is 5.00. The molecule has 1 saturated heterocycles. The van der Waals surface area contributed by atoms with Crippen molar-refractivity contribution in [3.05, 3.63) is 0 Å². The monoisotopic (exact) mass is 137 g/mol. The highest BCUT2D eigenvalue weighted by atomic mass is 35.5. The van der Waals surface area contributed by atoms with Gasteiger partial charge in [0.1, 0.15) is 0 Å². The number of β-amino-alcohol motifs (C(OH)–C–C–N with tert-alkyl or cyclic N) is 1. The quantitative estimate of drug-likeness (QED) is 0.512. The van der Waals surface area contributed by atoms with Gasteiger partial charge in [0, 0.05) is 13.1 Å². The molecule has 2 nitrogen and oxygen atoms in total. The Balaban J connectivity index is 0.000000490. The Kier molecular flexibility index (Phi) is 3.36. The van der Waals surface area contributed by atoms with Crippen LogP contribution in [0.25, 0.3) is 0 Å². The summed E-state index contributed by atoms with van der Waals surface area (Å²) in [5.41, 5.74) is 0. The summed E-state index contributed by atoms with van der Waals surface area (Å²) in [4.78, 5) is 2.13. The second-order valence-electron chi connectivity index (χ2n) is 2.20. The topological polar surface area (TPSA) is 23.5 Å². The van der Waals surface area contributed by atoms with Crippen molar-refractivity contribution in [1.29, 1.82) is 0 Å². The minimum absolute atomic E-state index is 0. The molecule has 0 aromatic heterocycles. The Labute approximate surface area is 55.9 Å². The first-order valence-corrected chi connectivity index (χ1v) is 2.65. The van der Waals surface area contributed by atoms with Crippen LogP contribution in [0.4, 0.5) is 0 Å². The van der Waals surface area contributed by atoms with Gasteiger partial charge in [0.2, 0.25) is 0 Å². The van der Waals surface area contributed by atoms with Crippen LogP contribution in [0.3, 0.4) is 0 Å². The second-order valence-corrected chi connectivity index (χ2v) is 2.20. The summed E-state index contributed by atoms with van der Waals surface area (Å²) in [5, 5.41) is 8.86. The van der Waals surface area contributed by atoms with Crippen LogP contribution in [0.2, 0.25) is 0 Å². The molecule has 0 bridgehead atoms. The molecule has 1 rings (SSSR count). The molecule has 1 aliphatic heterocycles. The molecule has 3 heteroatoms. The predicted octanol–water partition coefficient (Wildman–Crippen LogP) is 0.105. The van der Waals surface area contributed by atoms with Crippen LogP contribution < -0.4 is 0 Å². The van der Waals surface area contributed by atoms with Crippen molar-refractivity contribution in [2.45, 2.75) is 12.5 Å². The minimum Gasteiger partial charge on any atom is -0.392 e. The van der Waals surface area contributed by atoms with Gasteiger partial charge in [0.15, 0.2) is 0 Å². The molecule has 0 saturated carbocycles. The van der Waals surface area contributed by atoms with Gasteiger partial charge < -0.3 is 10.0 Å². The van der Waals surface area contributed by atoms with Gasteiger partial charge in [0.05, 0.1) is 6.10 Å². The average Bonchev–Trinajstić information content (AvgIpc) is 1.87. The van der Waals surface area contributed by atoms with E-state index in [9.17, 15) is 0 Å². The fourth-order valence-corrected chi connectivity index (χ4v) is 0.912. The summed E-state index contributed by atoms with van der Waals surface area (Å²) in [6.45, 7) is 1.92. The van der Waals surface area contributed by atoms with Crippen LogP contribution in [-0.2, 0) is 0 Å². The summed E-state index contributed by atoms with van der Waals surface area (Å²) < 4.78 is 0. The number of aliphatic hydroxyl groups is 1. The van der Waals surface area contributed by atoms with E-state index in [-0.39, 0.29) is 18.5 Å². The third kappa shape index (κ3) is 1.99. The maximum Gasteiger partial charge on any atom is 0.0679 e. The van der Waals surface area contributed by atoms with Gasteiger partial charge in [-0.3, -0.25) is 0 Å². The van der Waals surface area contributed by atoms with Gasteiger partial charge in [-0.1, -0.05) is 0 Å². The van der Waals surface area contributed by atoms with Crippen LogP contribution in [0.1, 0.15) is 6.42 Å². The molecule has 1 fully saturated rings. The van der Waals surface area contributed by atoms with E-state index in [1.165, 1.54) is 0 Å². The summed E-state index contributed by atoms with van der Waals surface area (Å²) in [6, 6.07) is 0. The van der Waals surface area contributed by atoms with Gasteiger partial charge in [-0.05, 0) is 13.5 Å². The zero-order valence-corrected chi connectivity index (χ0v) is 5.82. The number of likely N-dealkylation sites (N-methyl/N-ethyl adjacent to an activating group) is 1. The van der Waals surface area contributed by atoms with E-state index < -0.39 is 0 Å². The standard InChI is InChI=1S/C5H11NO.ClH/c1-6-3-2-5(7)4-6;/h5,7H,2-4H2,1H3;1H/t5-;/m1./s1. The first-order valence-electron chi connectivity index (χ1n) is 2.65. The average molecular weight is 138 g/mol. The number of hydrogen-bond donors (Lipinski definition) is 1. The van der Waals surface area contributed by atoms with Gasteiger partial charge in [-0.15, -0.1) is 12.4 Å². The van der Waals surface area contributed by atoms with E-state index in [0.29, 0.717) is 0 Å². The molecule has 1 N–H and O–H groups in total. The molecule has 0 amide bonds. The van der Waals surface area contributed by atoms with Gasteiger partial charge >= 0.3 is 0 Å². The highest BCUT2D eigenvalue weighted by Crippen LogP contribution is 2.03. The molecule has 1 aliphatic rings. The van der Waals surface area contributed by atoms with Crippen molar-refractivity contribution in [3.8, 4) is 0 Å². The number of halogens is 1. The molecule has 8 heavy (non-hydrogen) atoms. The van der Waals surface area contributed by atoms with Crippen LogP contribution in [-0.4, -0.2) is 36.2 Å². The van der Waals surface area contributed by atoms with Gasteiger partial charge in [-0.2, -0.15) is 0 Å². The Bertz CT molecular complexity index is 61.4. The SMILES string of the molecule is CN1CC[C@@H](O)C1.Cl. The van der Waals surface area contributed by atoms with Gasteiger partial charge in [0.25, 0.3) is 0 Å². The Morgan fingerprint density at radius 2 is 2.25 bits per heavy atom. The number of aliphatic hydroxyl groups excluding tert-OH is 1. The smallest absolute Gasteiger partial charge is 0.0679 e. The second kappa shape index (κ2) is 3.28. The van der Waals surface area contributed by atoms with Gasteiger partial charge in [-0.25, -0.2) is 0 Å². The fraction of sp³-hybridized carbons (Fsp3) is 1.00. The first-order chi connectivity index (χ1) is 3.29. The minimum atomic E-state index is -0.0509. The number of likely N-dealkylation sites (tertiary alicyclic amines) is 1. The van der Waals surface area contributed by atoms with E-state index in [2.05, 4.69) is 4.90 Å². The number of rotatable bonds is 0. The largest absolute Gasteiger partial charge is 0.392 e. The van der Waals surface area contributed by atoms with Crippen LogP contribution >= 0.6 is 12.4 Å². The van der Waals surface area contributed by atoms with Crippen molar-refractivity contribution in [1.82, 2.24) is 4.90 Å². The van der Waals surface area contributed by atoms with E-state index in [1.807, 2.05) is 7.05 Å². The molecule has 0 spiro atoms. The molecule has 1 heterocycles. The molecular formula is C5H12ClNO. The Morgan fingerprint density at radius 3 is 2.38 bits per heavy atom. The molecule has 0 unspecified atom stereocenters. The molecule has 0 radical (unpaired) electrons. The van der Waals surface area contributed by atoms with Crippen LogP contribution in [0, 0.1) is 0 Å². The third-order valence-electron chi connectivity index (χ3n) is 1.37. The van der Waals surface area contributed by atoms with Crippen molar-refractivity contribution < 1.29 is 5.11 Å². The number of nitrogens with zero attached hydrogens (tertiary/aromatic N) is 1. The Morgan fingerprint density at radius 1 is 1.62 bits per heavy atom. The molecule has 0 aliphatic carbocycles. The summed E-state index contributed by atoms with van der Waals surface area (Å²) in [6.07, 6.45) is 0.904. The van der Waals surface area contributed by atoms with Crippen LogP contribution in [0.15, 0.2) is 0 Å². The Hall–Kier alpha value is 0.210. The lowest BCUT2D eigenvalue weighted by Crippen LogP contribution is -2.15. The summed E-state index contributed by atoms with van der Waals surface area (Å²) in [5.74, 6) is 0. The lowest BCUT2D eigenvalue weighted by Gasteiger charge is -2.02. The first kappa shape index (κ1) is 8.21. The molecular weight excluding hydrogens is 126 g/mol. The molecule has 50 valence electrons. The molecule has 1 atom stereocenters. The third-order valence-corrected chi connectivity index (χ3v) is 1.37. The van der Waals surface area contributed by atoms with E-state index in [4.69, 9.17) is 5.11 Å². The zero-order chi connectivity index (χ0) is 5.28. The maximum atomic E-state index is 8.86. The fourth-order valence-electron chi connectivity index (χ4n) is 0.912. The summed E-state index contributed by atoms with van der Waals surface area (Å²) >= 11 is 0. The van der Waals surface area contributed by atoms with E-state index >= 15 is 0 Å². The summed E-state index contributed by atoms with van der Waals surface area (Å²) in [7, 11) is 2.02. The van der Waals surface area contributed by atoms with Crippen molar-refractivity contribution in [2.24, 2.45) is 0 Å². The lowest BCUT2D eigenvalue weighted by molar-refractivity contribution is 0.183.